The van der Waals surface area contributed by atoms with Gasteiger partial charge in [-0.2, -0.15) is 0 Å². The van der Waals surface area contributed by atoms with Crippen molar-refractivity contribution < 1.29 is 37.3 Å². The topological polar surface area (TPSA) is 114 Å². The van der Waals surface area contributed by atoms with Crippen LogP contribution in [0, 0.1) is 0 Å². The number of nitrogens with zero attached hydrogens (tertiary/aromatic N) is 1. The molecule has 0 radical (unpaired) electrons. The summed E-state index contributed by atoms with van der Waals surface area (Å²) in [4.78, 5) is 40.3. The van der Waals surface area contributed by atoms with Crippen molar-refractivity contribution in [3.8, 4) is 0 Å². The molecule has 10 heteroatoms. The molecule has 0 fully saturated rings. The molecule has 91 heavy (non-hydrogen) atoms. The molecule has 0 bridgehead atoms. The molecule has 0 aromatic carbocycles. The van der Waals surface area contributed by atoms with Gasteiger partial charge in [-0.1, -0.05) is 345 Å². The van der Waals surface area contributed by atoms with E-state index in [-0.39, 0.29) is 31.5 Å². The summed E-state index contributed by atoms with van der Waals surface area (Å²) in [6.07, 6.45) is 92.2. The molecular formula is C81H153N2O7P. The number of quaternary nitrogens is 1. The van der Waals surface area contributed by atoms with Crippen LogP contribution in [0.5, 0.6) is 0 Å². The number of nitrogens with one attached hydrogen (secondary N) is 1. The van der Waals surface area contributed by atoms with E-state index in [0.29, 0.717) is 17.4 Å². The van der Waals surface area contributed by atoms with Crippen LogP contribution in [-0.4, -0.2) is 69.4 Å². The van der Waals surface area contributed by atoms with E-state index in [2.05, 4.69) is 74.7 Å². The average Bonchev–Trinajstić information content (AvgIpc) is 3.73. The maximum Gasteiger partial charge on any atom is 0.306 e. The van der Waals surface area contributed by atoms with Crippen molar-refractivity contribution in [2.45, 2.75) is 405 Å². The van der Waals surface area contributed by atoms with Crippen molar-refractivity contribution >= 4 is 19.7 Å². The Morgan fingerprint density at radius 2 is 0.670 bits per heavy atom. The Labute approximate surface area is 566 Å². The number of carbonyl (C=O) groups is 2. The number of amides is 1. The van der Waals surface area contributed by atoms with Crippen molar-refractivity contribution in [2.24, 2.45) is 0 Å². The van der Waals surface area contributed by atoms with Crippen molar-refractivity contribution in [3.05, 3.63) is 60.8 Å². The fourth-order valence-corrected chi connectivity index (χ4v) is 12.5. The van der Waals surface area contributed by atoms with Gasteiger partial charge in [-0.05, 0) is 96.0 Å². The molecule has 3 unspecified atom stereocenters. The highest BCUT2D eigenvalue weighted by Crippen LogP contribution is 2.38. The predicted molar refractivity (Wildman–Crippen MR) is 395 cm³/mol. The minimum Gasteiger partial charge on any atom is -0.756 e. The van der Waals surface area contributed by atoms with Gasteiger partial charge in [0, 0.05) is 12.8 Å². The number of likely N-dealkylation sites (N-methyl/N-ethyl adjacent to an activating group) is 1. The summed E-state index contributed by atoms with van der Waals surface area (Å²) in [5, 5.41) is 3.06. The van der Waals surface area contributed by atoms with Crippen LogP contribution >= 0.6 is 7.82 Å². The highest BCUT2D eigenvalue weighted by molar-refractivity contribution is 7.45. The largest absolute Gasteiger partial charge is 0.756 e. The molecule has 0 saturated carbocycles. The first-order chi connectivity index (χ1) is 44.4. The highest BCUT2D eigenvalue weighted by Gasteiger charge is 2.27. The molecule has 0 heterocycles. The molecule has 3 atom stereocenters. The Hall–Kier alpha value is -2.29. The summed E-state index contributed by atoms with van der Waals surface area (Å²) >= 11 is 0. The van der Waals surface area contributed by atoms with E-state index in [1.807, 2.05) is 33.3 Å². The summed E-state index contributed by atoms with van der Waals surface area (Å²) in [6.45, 7) is 6.88. The number of esters is 1. The van der Waals surface area contributed by atoms with Crippen LogP contribution in [0.25, 0.3) is 0 Å². The number of allylic oxidation sites excluding steroid dienone is 9. The molecule has 0 aromatic rings. The Bertz CT molecular complexity index is 1740. The zero-order valence-corrected chi connectivity index (χ0v) is 62.2. The van der Waals surface area contributed by atoms with E-state index in [1.54, 1.807) is 0 Å². The lowest BCUT2D eigenvalue weighted by atomic mass is 10.0. The summed E-state index contributed by atoms with van der Waals surface area (Å²) in [5.41, 5.74) is 0. The van der Waals surface area contributed by atoms with Crippen LogP contribution in [0.4, 0.5) is 0 Å². The number of hydrogen-bond acceptors (Lipinski definition) is 7. The Morgan fingerprint density at radius 1 is 0.385 bits per heavy atom. The zero-order chi connectivity index (χ0) is 66.3. The van der Waals surface area contributed by atoms with Gasteiger partial charge in [0.25, 0.3) is 7.82 Å². The third kappa shape index (κ3) is 71.8. The van der Waals surface area contributed by atoms with E-state index >= 15 is 0 Å². The van der Waals surface area contributed by atoms with Gasteiger partial charge >= 0.3 is 5.97 Å². The molecule has 0 aliphatic rings. The maximum atomic E-state index is 13.7. The first kappa shape index (κ1) is 88.7. The SMILES string of the molecule is CCCCC/C=C\C/C=C\C/C=C\CCCCCCCCCCCCCCCCC(=O)OC(/C=C/CCCCCCCCCCCCC)C(COP(=O)([O-])OCC[N+](C)(C)C)NC(=O)CCCCCCCCCCCCCCCCC/C=C/CCCCCCCC. The molecule has 0 spiro atoms. The van der Waals surface area contributed by atoms with Gasteiger partial charge in [-0.25, -0.2) is 0 Å². The first-order valence-electron chi connectivity index (χ1n) is 39.6. The molecule has 1 N–H and O–H groups in total. The molecule has 0 aliphatic carbocycles. The number of phosphoric acid groups is 1. The van der Waals surface area contributed by atoms with Gasteiger partial charge in [0.15, 0.2) is 0 Å². The predicted octanol–water partition coefficient (Wildman–Crippen LogP) is 25.1. The van der Waals surface area contributed by atoms with Crippen LogP contribution < -0.4 is 10.2 Å². The molecule has 0 saturated heterocycles. The lowest BCUT2D eigenvalue weighted by Crippen LogP contribution is -2.47. The normalized spacial score (nSPS) is 13.7. The maximum absolute atomic E-state index is 13.7. The second-order valence-corrected chi connectivity index (χ2v) is 29.6. The second kappa shape index (κ2) is 70.5. The monoisotopic (exact) mass is 1300 g/mol. The van der Waals surface area contributed by atoms with Crippen molar-refractivity contribution in [2.75, 3.05) is 40.9 Å². The second-order valence-electron chi connectivity index (χ2n) is 28.2. The van der Waals surface area contributed by atoms with Crippen LogP contribution in [-0.2, 0) is 27.9 Å². The number of carbonyl (C=O) groups excluding carboxylic acids is 2. The summed E-state index contributed by atoms with van der Waals surface area (Å²) in [7, 11) is 1.20. The van der Waals surface area contributed by atoms with Crippen molar-refractivity contribution in [1.29, 1.82) is 0 Å². The lowest BCUT2D eigenvalue weighted by molar-refractivity contribution is -0.870. The van der Waals surface area contributed by atoms with Gasteiger partial charge in [-0.3, -0.25) is 14.2 Å². The Morgan fingerprint density at radius 3 is 1.03 bits per heavy atom. The molecule has 534 valence electrons. The summed E-state index contributed by atoms with van der Waals surface area (Å²) < 4.78 is 30.6. The van der Waals surface area contributed by atoms with Gasteiger partial charge in [0.2, 0.25) is 5.91 Å². The van der Waals surface area contributed by atoms with Crippen molar-refractivity contribution in [3.63, 3.8) is 0 Å². The van der Waals surface area contributed by atoms with Gasteiger partial charge < -0.3 is 28.5 Å². The standard InChI is InChI=1S/C81H153N2O7P/c1-7-10-13-16-19-22-25-28-30-32-34-36-38-40-41-43-45-47-49-51-53-56-59-62-65-68-71-74-81(85)90-79(72-69-66-63-60-57-54-27-24-21-18-15-12-9-3)78(77-89-91(86,87)88-76-75-83(4,5)6)82-80(84)73-70-67-64-61-58-55-52-50-48-46-44-42-39-37-35-33-31-29-26-23-20-17-14-11-8-2/h19,22,28-31,34,36,69,72,78-79H,7-18,20-21,23-27,32-33,35,37-68,70-71,73-77H2,1-6H3,(H-,82,84,86,87)/b22-19-,30-28-,31-29+,36-34-,72-69+. The smallest absolute Gasteiger partial charge is 0.306 e. The molecule has 0 aromatic heterocycles. The summed E-state index contributed by atoms with van der Waals surface area (Å²) in [6, 6.07) is -0.889. The molecule has 1 amide bonds. The fourth-order valence-electron chi connectivity index (χ4n) is 11.8. The minimum absolute atomic E-state index is 0.0210. The minimum atomic E-state index is -4.71. The number of hydrogen-bond donors (Lipinski definition) is 1. The average molecular weight is 1300 g/mol. The van der Waals surface area contributed by atoms with Gasteiger partial charge in [0.05, 0.1) is 33.8 Å². The van der Waals surface area contributed by atoms with Crippen LogP contribution in [0.1, 0.15) is 393 Å². The molecular weight excluding hydrogens is 1140 g/mol. The van der Waals surface area contributed by atoms with E-state index in [4.69, 9.17) is 13.8 Å². The van der Waals surface area contributed by atoms with E-state index in [9.17, 15) is 19.0 Å². The Balaban J connectivity index is 4.95. The molecule has 0 rings (SSSR count). The van der Waals surface area contributed by atoms with E-state index < -0.39 is 20.0 Å². The zero-order valence-electron chi connectivity index (χ0n) is 61.3. The number of unbranched alkanes of at least 4 members (excludes halogenated alkanes) is 49. The molecule has 9 nitrogen and oxygen atoms in total. The van der Waals surface area contributed by atoms with Crippen LogP contribution in [0.3, 0.4) is 0 Å². The third-order valence-electron chi connectivity index (χ3n) is 17.9. The number of phosphoric ester groups is 1. The third-order valence-corrected chi connectivity index (χ3v) is 18.9. The van der Waals surface area contributed by atoms with Gasteiger partial charge in [-0.15, -0.1) is 0 Å². The molecule has 0 aliphatic heterocycles. The first-order valence-corrected chi connectivity index (χ1v) is 41.1. The number of rotatable bonds is 73. The summed E-state index contributed by atoms with van der Waals surface area (Å²) in [5.74, 6) is -0.522. The van der Waals surface area contributed by atoms with Crippen LogP contribution in [0.2, 0.25) is 0 Å². The van der Waals surface area contributed by atoms with Crippen LogP contribution in [0.15, 0.2) is 60.8 Å². The quantitative estimate of drug-likeness (QED) is 0.0212. The Kier molecular flexibility index (Phi) is 68.7. The highest BCUT2D eigenvalue weighted by atomic mass is 31.2. The van der Waals surface area contributed by atoms with E-state index in [1.165, 1.54) is 289 Å². The fraction of sp³-hybridized carbons (Fsp3) is 0.852. The van der Waals surface area contributed by atoms with E-state index in [0.717, 1.165) is 70.6 Å². The van der Waals surface area contributed by atoms with Gasteiger partial charge in [0.1, 0.15) is 19.3 Å². The van der Waals surface area contributed by atoms with Crippen molar-refractivity contribution in [1.82, 2.24) is 5.32 Å². The number of ether oxygens (including phenoxy) is 1. The lowest BCUT2D eigenvalue weighted by Gasteiger charge is -2.30.